The lowest BCUT2D eigenvalue weighted by Crippen LogP contribution is -2.42. The molecule has 0 saturated carbocycles. The molecule has 0 amide bonds. The van der Waals surface area contributed by atoms with Crippen LogP contribution in [0.2, 0.25) is 0 Å². The molecule has 0 heterocycles. The van der Waals surface area contributed by atoms with E-state index >= 15 is 0 Å². The van der Waals surface area contributed by atoms with Crippen molar-refractivity contribution in [3.8, 4) is 0 Å². The highest BCUT2D eigenvalue weighted by atomic mass is 35.5. The SMILES string of the molecule is C[N+](C)(CCCCl)CCN=C=S. The molecular formula is C8H16ClN2S+. The van der Waals surface area contributed by atoms with E-state index in [1.807, 2.05) is 0 Å². The summed E-state index contributed by atoms with van der Waals surface area (Å²) in [4.78, 5) is 3.88. The zero-order chi connectivity index (χ0) is 9.45. The molecule has 12 heavy (non-hydrogen) atoms. The van der Waals surface area contributed by atoms with Crippen molar-refractivity contribution in [1.29, 1.82) is 0 Å². The largest absolute Gasteiger partial charge is 0.327 e. The van der Waals surface area contributed by atoms with Crippen LogP contribution in [0.3, 0.4) is 0 Å². The Bertz CT molecular complexity index is 164. The fraction of sp³-hybridized carbons (Fsp3) is 0.875. The number of aliphatic imine (C=N–C) groups is 1. The molecule has 0 aliphatic carbocycles. The van der Waals surface area contributed by atoms with Crippen LogP contribution in [-0.2, 0) is 0 Å². The molecule has 0 unspecified atom stereocenters. The van der Waals surface area contributed by atoms with E-state index in [-0.39, 0.29) is 0 Å². The number of isothiocyanates is 1. The first-order valence-electron chi connectivity index (χ1n) is 4.04. The maximum atomic E-state index is 5.61. The zero-order valence-corrected chi connectivity index (χ0v) is 9.29. The van der Waals surface area contributed by atoms with E-state index < -0.39 is 0 Å². The van der Waals surface area contributed by atoms with Gasteiger partial charge in [-0.15, -0.1) is 11.6 Å². The third-order valence-corrected chi connectivity index (χ3v) is 2.18. The van der Waals surface area contributed by atoms with Crippen molar-refractivity contribution in [2.24, 2.45) is 4.99 Å². The van der Waals surface area contributed by atoms with Gasteiger partial charge in [-0.25, -0.2) is 4.99 Å². The molecular weight excluding hydrogens is 192 g/mol. The minimum Gasteiger partial charge on any atom is -0.327 e. The van der Waals surface area contributed by atoms with Crippen molar-refractivity contribution in [2.45, 2.75) is 6.42 Å². The molecule has 0 aliphatic heterocycles. The van der Waals surface area contributed by atoms with Gasteiger partial charge in [-0.1, -0.05) is 0 Å². The van der Waals surface area contributed by atoms with E-state index in [9.17, 15) is 0 Å². The molecule has 0 aliphatic rings. The van der Waals surface area contributed by atoms with Crippen molar-refractivity contribution in [1.82, 2.24) is 0 Å². The molecule has 0 bridgehead atoms. The monoisotopic (exact) mass is 207 g/mol. The van der Waals surface area contributed by atoms with Crippen LogP contribution < -0.4 is 0 Å². The topological polar surface area (TPSA) is 12.4 Å². The molecule has 0 aromatic carbocycles. The zero-order valence-electron chi connectivity index (χ0n) is 7.72. The van der Waals surface area contributed by atoms with E-state index in [0.29, 0.717) is 0 Å². The number of rotatable bonds is 6. The third-order valence-electron chi connectivity index (χ3n) is 1.78. The summed E-state index contributed by atoms with van der Waals surface area (Å²) >= 11 is 10.1. The average molecular weight is 208 g/mol. The lowest BCUT2D eigenvalue weighted by atomic mass is 10.3. The van der Waals surface area contributed by atoms with Crippen LogP contribution in [0.1, 0.15) is 6.42 Å². The highest BCUT2D eigenvalue weighted by Gasteiger charge is 2.12. The Balaban J connectivity index is 3.62. The van der Waals surface area contributed by atoms with Crippen LogP contribution in [-0.4, -0.2) is 49.3 Å². The summed E-state index contributed by atoms with van der Waals surface area (Å²) in [7, 11) is 4.34. The number of likely N-dealkylation sites (N-methyl/N-ethyl adjacent to an activating group) is 1. The van der Waals surface area contributed by atoms with Crippen molar-refractivity contribution in [2.75, 3.05) is 39.6 Å². The molecule has 0 rings (SSSR count). The summed E-state index contributed by atoms with van der Waals surface area (Å²) in [5, 5.41) is 2.37. The van der Waals surface area contributed by atoms with E-state index in [0.717, 1.165) is 36.4 Å². The first-order valence-corrected chi connectivity index (χ1v) is 4.98. The molecule has 0 atom stereocenters. The number of thiocarbonyl (C=S) groups is 1. The van der Waals surface area contributed by atoms with Gasteiger partial charge in [0.25, 0.3) is 0 Å². The summed E-state index contributed by atoms with van der Waals surface area (Å²) in [5.41, 5.74) is 0. The minimum atomic E-state index is 0.734. The Labute approximate surface area is 84.8 Å². The summed E-state index contributed by atoms with van der Waals surface area (Å²) in [5.74, 6) is 0.734. The highest BCUT2D eigenvalue weighted by molar-refractivity contribution is 7.78. The van der Waals surface area contributed by atoms with E-state index in [4.69, 9.17) is 11.6 Å². The van der Waals surface area contributed by atoms with Gasteiger partial charge < -0.3 is 4.48 Å². The number of hydrogen-bond donors (Lipinski definition) is 0. The molecule has 0 aromatic rings. The van der Waals surface area contributed by atoms with Crippen LogP contribution >= 0.6 is 23.8 Å². The van der Waals surface area contributed by atoms with Crippen LogP contribution in [0.25, 0.3) is 0 Å². The van der Waals surface area contributed by atoms with Gasteiger partial charge >= 0.3 is 0 Å². The standard InChI is InChI=1S/C8H16ClN2S/c1-11(2,6-3-4-9)7-5-10-8-12/h3-7H2,1-2H3/q+1. The number of halogens is 1. The summed E-state index contributed by atoms with van der Waals surface area (Å²) in [6, 6.07) is 0. The fourth-order valence-corrected chi connectivity index (χ4v) is 1.18. The quantitative estimate of drug-likeness (QED) is 0.280. The van der Waals surface area contributed by atoms with Gasteiger partial charge in [-0.05, 0) is 12.2 Å². The number of alkyl halides is 1. The van der Waals surface area contributed by atoms with Crippen LogP contribution in [0, 0.1) is 0 Å². The first kappa shape index (κ1) is 12.0. The lowest BCUT2D eigenvalue weighted by Gasteiger charge is -2.28. The lowest BCUT2D eigenvalue weighted by molar-refractivity contribution is -0.888. The van der Waals surface area contributed by atoms with E-state index in [1.165, 1.54) is 0 Å². The Morgan fingerprint density at radius 2 is 2.08 bits per heavy atom. The van der Waals surface area contributed by atoms with Crippen molar-refractivity contribution in [3.63, 3.8) is 0 Å². The number of quaternary nitrogens is 1. The average Bonchev–Trinajstić information content (AvgIpc) is 2.01. The Morgan fingerprint density at radius 3 is 2.58 bits per heavy atom. The Hall–Kier alpha value is 0.0500. The summed E-state index contributed by atoms with van der Waals surface area (Å²) in [6.07, 6.45) is 1.05. The molecule has 0 N–H and O–H groups in total. The predicted molar refractivity (Wildman–Crippen MR) is 57.1 cm³/mol. The van der Waals surface area contributed by atoms with Gasteiger partial charge in [0, 0.05) is 12.3 Å². The van der Waals surface area contributed by atoms with E-state index in [1.54, 1.807) is 0 Å². The third kappa shape index (κ3) is 6.74. The highest BCUT2D eigenvalue weighted by Crippen LogP contribution is 1.99. The second-order valence-electron chi connectivity index (χ2n) is 3.40. The van der Waals surface area contributed by atoms with Gasteiger partial charge in [0.15, 0.2) is 0 Å². The molecule has 0 aromatic heterocycles. The second kappa shape index (κ2) is 6.55. The van der Waals surface area contributed by atoms with Gasteiger partial charge in [0.05, 0.1) is 38.9 Å². The summed E-state index contributed by atoms with van der Waals surface area (Å²) in [6.45, 7) is 2.86. The number of hydrogen-bond acceptors (Lipinski definition) is 2. The molecule has 70 valence electrons. The van der Waals surface area contributed by atoms with Gasteiger partial charge in [0.2, 0.25) is 0 Å². The van der Waals surface area contributed by atoms with Gasteiger partial charge in [0.1, 0.15) is 0 Å². The van der Waals surface area contributed by atoms with Gasteiger partial charge in [-0.3, -0.25) is 0 Å². The molecule has 0 saturated heterocycles. The maximum absolute atomic E-state index is 5.61. The minimum absolute atomic E-state index is 0.734. The smallest absolute Gasteiger partial charge is 0.0989 e. The Morgan fingerprint density at radius 1 is 1.42 bits per heavy atom. The van der Waals surface area contributed by atoms with Crippen molar-refractivity contribution >= 4 is 29.0 Å². The first-order chi connectivity index (χ1) is 5.62. The fourth-order valence-electron chi connectivity index (χ4n) is 0.966. The van der Waals surface area contributed by atoms with Gasteiger partial charge in [-0.2, -0.15) is 0 Å². The summed E-state index contributed by atoms with van der Waals surface area (Å²) < 4.78 is 0.952. The van der Waals surface area contributed by atoms with E-state index in [2.05, 4.69) is 36.5 Å². The molecule has 4 heteroatoms. The molecule has 2 nitrogen and oxygen atoms in total. The normalized spacial score (nSPS) is 10.9. The predicted octanol–water partition coefficient (Wildman–Crippen LogP) is 1.79. The molecule has 0 fully saturated rings. The van der Waals surface area contributed by atoms with Crippen LogP contribution in [0.4, 0.5) is 0 Å². The van der Waals surface area contributed by atoms with Crippen molar-refractivity contribution < 1.29 is 4.48 Å². The number of nitrogens with zero attached hydrogens (tertiary/aromatic N) is 2. The van der Waals surface area contributed by atoms with Crippen LogP contribution in [0.5, 0.6) is 0 Å². The van der Waals surface area contributed by atoms with Crippen molar-refractivity contribution in [3.05, 3.63) is 0 Å². The Kier molecular flexibility index (Phi) is 6.58. The molecule has 0 spiro atoms. The maximum Gasteiger partial charge on any atom is 0.0989 e. The second-order valence-corrected chi connectivity index (χ2v) is 3.96. The van der Waals surface area contributed by atoms with Crippen LogP contribution in [0.15, 0.2) is 4.99 Å². The molecule has 0 radical (unpaired) electrons.